The first-order valence-electron chi connectivity index (χ1n) is 5.80. The molecule has 0 aromatic carbocycles. The predicted molar refractivity (Wildman–Crippen MR) is 60.4 cm³/mol. The molecule has 1 aliphatic rings. The van der Waals surface area contributed by atoms with Gasteiger partial charge in [-0.2, -0.15) is 0 Å². The van der Waals surface area contributed by atoms with Crippen molar-refractivity contribution >= 4 is 12.2 Å². The van der Waals surface area contributed by atoms with Gasteiger partial charge in [0.1, 0.15) is 0 Å². The van der Waals surface area contributed by atoms with Gasteiger partial charge in [-0.1, -0.05) is 19.8 Å². The Morgan fingerprint density at radius 3 is 2.69 bits per heavy atom. The zero-order valence-corrected chi connectivity index (χ0v) is 9.61. The number of hydrogen-bond donors (Lipinski definition) is 0. The molecule has 0 heterocycles. The summed E-state index contributed by atoms with van der Waals surface area (Å²) in [5.41, 5.74) is 0. The maximum atomic E-state index is 10.3. The van der Waals surface area contributed by atoms with Crippen molar-refractivity contribution in [1.82, 2.24) is 0 Å². The topological polar surface area (TPSA) is 58.9 Å². The minimum Gasteiger partial charge on any atom is -0.211 e. The monoisotopic (exact) mass is 221 g/mol. The van der Waals surface area contributed by atoms with Crippen LogP contribution in [-0.2, 0) is 9.59 Å². The van der Waals surface area contributed by atoms with Crippen molar-refractivity contribution in [1.29, 1.82) is 0 Å². The Bertz CT molecular complexity index is 304. The normalized spacial score (nSPS) is 25.6. The molecule has 16 heavy (non-hydrogen) atoms. The number of carbonyl (C=O) groups excluding carboxylic acids is 2. The molecule has 0 amide bonds. The summed E-state index contributed by atoms with van der Waals surface area (Å²) in [6.45, 7) is 2.14. The molecule has 87 valence electrons. The molecule has 0 spiro atoms. The lowest BCUT2D eigenvalue weighted by Gasteiger charge is -2.30. The van der Waals surface area contributed by atoms with Crippen molar-refractivity contribution in [3.63, 3.8) is 0 Å². The Hall–Kier alpha value is -1.24. The van der Waals surface area contributed by atoms with Gasteiger partial charge in [-0.15, -0.1) is 0 Å². The van der Waals surface area contributed by atoms with Crippen LogP contribution in [0.25, 0.3) is 0 Å². The molecule has 1 saturated carbocycles. The van der Waals surface area contributed by atoms with Crippen molar-refractivity contribution in [2.24, 2.45) is 9.98 Å². The van der Waals surface area contributed by atoms with Gasteiger partial charge in [0.15, 0.2) is 0 Å². The Morgan fingerprint density at radius 2 is 2.06 bits per heavy atom. The van der Waals surface area contributed by atoms with E-state index in [1.165, 1.54) is 5.92 Å². The van der Waals surface area contributed by atoms with Crippen LogP contribution in [0.4, 0.5) is 0 Å². The number of unbranched alkanes of at least 4 members (excludes halogenated alkanes) is 1. The van der Waals surface area contributed by atoms with E-state index in [0.29, 0.717) is 6.42 Å². The Kier molecular flexibility index (Phi) is 5.69. The van der Waals surface area contributed by atoms with E-state index < -0.39 is 0 Å². The summed E-state index contributed by atoms with van der Waals surface area (Å²) >= 11 is 0. The summed E-state index contributed by atoms with van der Waals surface area (Å²) in [6.07, 6.45) is 8.92. The highest BCUT2D eigenvalue weighted by Gasteiger charge is 2.30. The van der Waals surface area contributed by atoms with E-state index >= 15 is 0 Å². The van der Waals surface area contributed by atoms with Crippen LogP contribution < -0.4 is 0 Å². The van der Waals surface area contributed by atoms with Gasteiger partial charge in [0, 0.05) is 5.92 Å². The number of hydrogen-bond acceptors (Lipinski definition) is 4. The molecule has 2 atom stereocenters. The molecule has 2 unspecified atom stereocenters. The summed E-state index contributed by atoms with van der Waals surface area (Å²) < 4.78 is 0. The molecular weight excluding hydrogens is 204 g/mol. The van der Waals surface area contributed by atoms with Gasteiger partial charge in [0.05, 0.1) is 12.1 Å². The van der Waals surface area contributed by atoms with E-state index in [0.717, 1.165) is 32.1 Å². The van der Waals surface area contributed by atoms with E-state index in [-0.39, 0.29) is 12.1 Å². The van der Waals surface area contributed by atoms with Gasteiger partial charge in [0.25, 0.3) is 0 Å². The fourth-order valence-electron chi connectivity index (χ4n) is 2.16. The zero-order chi connectivity index (χ0) is 11.8. The van der Waals surface area contributed by atoms with Crippen molar-refractivity contribution in [3.05, 3.63) is 5.92 Å². The first-order valence-corrected chi connectivity index (χ1v) is 5.80. The van der Waals surface area contributed by atoms with Crippen LogP contribution in [0.2, 0.25) is 0 Å². The quantitative estimate of drug-likeness (QED) is 0.528. The maximum absolute atomic E-state index is 10.3. The van der Waals surface area contributed by atoms with Gasteiger partial charge in [0.2, 0.25) is 12.2 Å². The molecule has 1 aliphatic carbocycles. The minimum atomic E-state index is -0.0834. The summed E-state index contributed by atoms with van der Waals surface area (Å²) in [7, 11) is 0. The largest absolute Gasteiger partial charge is 0.235 e. The van der Waals surface area contributed by atoms with Crippen LogP contribution in [0.5, 0.6) is 0 Å². The molecule has 0 aromatic heterocycles. The van der Waals surface area contributed by atoms with Gasteiger partial charge in [-0.3, -0.25) is 0 Å². The van der Waals surface area contributed by atoms with Crippen molar-refractivity contribution < 1.29 is 9.59 Å². The van der Waals surface area contributed by atoms with Crippen LogP contribution in [0, 0.1) is 5.92 Å². The van der Waals surface area contributed by atoms with Gasteiger partial charge >= 0.3 is 0 Å². The van der Waals surface area contributed by atoms with Crippen LogP contribution in [0.3, 0.4) is 0 Å². The second-order valence-corrected chi connectivity index (χ2v) is 4.15. The average molecular weight is 221 g/mol. The second-order valence-electron chi connectivity index (χ2n) is 4.15. The van der Waals surface area contributed by atoms with Crippen molar-refractivity contribution in [2.75, 3.05) is 0 Å². The van der Waals surface area contributed by atoms with E-state index in [4.69, 9.17) is 0 Å². The Balaban J connectivity index is 2.59. The molecule has 0 aliphatic heterocycles. The first kappa shape index (κ1) is 12.8. The molecule has 0 aromatic rings. The average Bonchev–Trinajstić information content (AvgIpc) is 2.29. The highest BCUT2D eigenvalue weighted by atomic mass is 16.1. The maximum Gasteiger partial charge on any atom is 0.235 e. The highest BCUT2D eigenvalue weighted by molar-refractivity contribution is 5.36. The molecule has 4 heteroatoms. The van der Waals surface area contributed by atoms with E-state index in [9.17, 15) is 9.59 Å². The fourth-order valence-corrected chi connectivity index (χ4v) is 2.16. The number of isocyanates is 2. The highest BCUT2D eigenvalue weighted by Crippen LogP contribution is 2.33. The van der Waals surface area contributed by atoms with E-state index in [2.05, 4.69) is 16.9 Å². The summed E-state index contributed by atoms with van der Waals surface area (Å²) in [4.78, 5) is 28.1. The summed E-state index contributed by atoms with van der Waals surface area (Å²) in [5.74, 6) is 1.31. The molecule has 0 saturated heterocycles. The molecule has 1 rings (SSSR count). The lowest BCUT2D eigenvalue weighted by molar-refractivity contribution is 0.397. The Labute approximate surface area is 95.9 Å². The molecule has 0 N–H and O–H groups in total. The van der Waals surface area contributed by atoms with Crippen molar-refractivity contribution in [3.8, 4) is 0 Å². The van der Waals surface area contributed by atoms with Gasteiger partial charge < -0.3 is 0 Å². The fraction of sp³-hybridized carbons (Fsp3) is 0.750. The lowest BCUT2D eigenvalue weighted by Crippen LogP contribution is -2.28. The number of aliphatic imine (C=N–C) groups is 2. The molecule has 1 radical (unpaired) electrons. The second kappa shape index (κ2) is 7.10. The third-order valence-corrected chi connectivity index (χ3v) is 3.06. The van der Waals surface area contributed by atoms with Crippen LogP contribution in [0.1, 0.15) is 45.4 Å². The smallest absolute Gasteiger partial charge is 0.211 e. The molecule has 1 fully saturated rings. The standard InChI is InChI=1S/C12H17N2O2/c1-2-3-4-10-5-6-11(13-8-15)7-12(10)14-9-16/h11-12H,2-7H2,1H3. The molecule has 0 bridgehead atoms. The number of rotatable bonds is 5. The Morgan fingerprint density at radius 1 is 1.31 bits per heavy atom. The SMILES string of the molecule is CCCC[C]1CCC(N=C=O)CC1N=C=O. The minimum absolute atomic E-state index is 0.0232. The zero-order valence-electron chi connectivity index (χ0n) is 9.61. The van der Waals surface area contributed by atoms with Gasteiger partial charge in [-0.25, -0.2) is 19.6 Å². The van der Waals surface area contributed by atoms with Crippen LogP contribution >= 0.6 is 0 Å². The van der Waals surface area contributed by atoms with Crippen molar-refractivity contribution in [2.45, 2.75) is 57.5 Å². The third kappa shape index (κ3) is 3.73. The van der Waals surface area contributed by atoms with E-state index in [1.807, 2.05) is 0 Å². The van der Waals surface area contributed by atoms with Gasteiger partial charge in [-0.05, 0) is 25.7 Å². The molecule has 4 nitrogen and oxygen atoms in total. The lowest BCUT2D eigenvalue weighted by atomic mass is 9.79. The summed E-state index contributed by atoms with van der Waals surface area (Å²) in [5, 5.41) is 0. The number of nitrogens with zero attached hydrogens (tertiary/aromatic N) is 2. The summed E-state index contributed by atoms with van der Waals surface area (Å²) in [6, 6.07) is -0.107. The van der Waals surface area contributed by atoms with Crippen LogP contribution in [0.15, 0.2) is 9.98 Å². The third-order valence-electron chi connectivity index (χ3n) is 3.06. The first-order chi connectivity index (χ1) is 7.81. The predicted octanol–water partition coefficient (Wildman–Crippen LogP) is 2.34. The van der Waals surface area contributed by atoms with E-state index in [1.54, 1.807) is 12.2 Å². The van der Waals surface area contributed by atoms with Crippen LogP contribution in [-0.4, -0.2) is 24.2 Å². The molecular formula is C12H17N2O2.